The average molecular weight is 547 g/mol. The first kappa shape index (κ1) is 26.5. The third-order valence-corrected chi connectivity index (χ3v) is 8.95. The molecule has 0 radical (unpaired) electrons. The summed E-state index contributed by atoms with van der Waals surface area (Å²) in [5.74, 6) is -0.249. The summed E-state index contributed by atoms with van der Waals surface area (Å²) in [6, 6.07) is 17.1. The highest BCUT2D eigenvalue weighted by Gasteiger charge is 2.51. The number of Topliss-reactive ketones (excluding diaryl/α,β-unsaturated/α-hetero) is 1. The fourth-order valence-corrected chi connectivity index (χ4v) is 6.61. The van der Waals surface area contributed by atoms with Crippen LogP contribution in [0.5, 0.6) is 5.75 Å². The van der Waals surface area contributed by atoms with Gasteiger partial charge in [0.25, 0.3) is 0 Å². The minimum atomic E-state index is -3.95. The molecule has 1 saturated heterocycles. The van der Waals surface area contributed by atoms with Crippen molar-refractivity contribution in [1.29, 1.82) is 0 Å². The Morgan fingerprint density at radius 3 is 2.64 bits per heavy atom. The Morgan fingerprint density at radius 2 is 1.95 bits per heavy atom. The van der Waals surface area contributed by atoms with Crippen LogP contribution in [0.25, 0.3) is 0 Å². The van der Waals surface area contributed by atoms with Crippen molar-refractivity contribution >= 4 is 27.2 Å². The number of aromatic nitrogens is 1. The molecule has 200 valence electrons. The molecular formula is C29H27FN4O4S. The van der Waals surface area contributed by atoms with Crippen molar-refractivity contribution in [2.75, 3.05) is 20.2 Å². The second-order valence-corrected chi connectivity index (χ2v) is 11.3. The molecule has 8 nitrogen and oxygen atoms in total. The van der Waals surface area contributed by atoms with Crippen LogP contribution < -0.4 is 10.5 Å². The number of fused-ring (bicyclic) bond motifs is 1. The topological polar surface area (TPSA) is 115 Å². The number of ether oxygens (including phenoxy) is 1. The zero-order valence-corrected chi connectivity index (χ0v) is 22.1. The van der Waals surface area contributed by atoms with E-state index >= 15 is 0 Å². The number of halogens is 1. The van der Waals surface area contributed by atoms with Crippen LogP contribution in [-0.2, 0) is 10.0 Å². The van der Waals surface area contributed by atoms with Crippen LogP contribution in [0.1, 0.15) is 23.3 Å². The maximum absolute atomic E-state index is 14.1. The molecule has 0 bridgehead atoms. The minimum Gasteiger partial charge on any atom is -0.497 e. The van der Waals surface area contributed by atoms with Crippen molar-refractivity contribution in [3.63, 3.8) is 0 Å². The smallest absolute Gasteiger partial charge is 0.243 e. The molecule has 0 saturated carbocycles. The fraction of sp³-hybridized carbons (Fsp3) is 0.207. The first-order valence-corrected chi connectivity index (χ1v) is 13.8. The number of ketones is 1. The summed E-state index contributed by atoms with van der Waals surface area (Å²) in [4.78, 5) is 23.1. The molecule has 2 aromatic carbocycles. The van der Waals surface area contributed by atoms with E-state index in [4.69, 9.17) is 10.5 Å². The second-order valence-electron chi connectivity index (χ2n) is 9.41. The molecule has 0 unspecified atom stereocenters. The summed E-state index contributed by atoms with van der Waals surface area (Å²) >= 11 is 0. The van der Waals surface area contributed by atoms with Crippen molar-refractivity contribution in [2.45, 2.75) is 17.7 Å². The fourth-order valence-electron chi connectivity index (χ4n) is 5.08. The van der Waals surface area contributed by atoms with Gasteiger partial charge < -0.3 is 10.5 Å². The Labute approximate surface area is 226 Å². The lowest BCUT2D eigenvalue weighted by molar-refractivity contribution is 0.0770. The van der Waals surface area contributed by atoms with Crippen LogP contribution in [0, 0.1) is 11.2 Å². The minimum absolute atomic E-state index is 0.0821. The molecule has 1 aromatic heterocycles. The summed E-state index contributed by atoms with van der Waals surface area (Å²) in [7, 11) is -2.48. The van der Waals surface area contributed by atoms with Gasteiger partial charge in [0.1, 0.15) is 17.3 Å². The Kier molecular flexibility index (Phi) is 7.16. The summed E-state index contributed by atoms with van der Waals surface area (Å²) < 4.78 is 47.5. The number of carbonyl (C=O) groups excluding carboxylic acids is 1. The number of sulfonamides is 1. The summed E-state index contributed by atoms with van der Waals surface area (Å²) in [5, 5.41) is 0. The highest BCUT2D eigenvalue weighted by molar-refractivity contribution is 7.89. The number of nitrogens with two attached hydrogens (primary N) is 1. The third-order valence-electron chi connectivity index (χ3n) is 7.11. The maximum atomic E-state index is 14.1. The molecule has 0 spiro atoms. The summed E-state index contributed by atoms with van der Waals surface area (Å²) in [6.07, 6.45) is 5.17. The zero-order chi connectivity index (χ0) is 27.6. The van der Waals surface area contributed by atoms with Crippen molar-refractivity contribution in [2.24, 2.45) is 16.1 Å². The van der Waals surface area contributed by atoms with Gasteiger partial charge in [-0.05, 0) is 79.2 Å². The molecule has 3 aromatic rings. The molecule has 1 aliphatic heterocycles. The standard InChI is InChI=1S/C29H27FN4O4S/c1-38-24-5-4-6-25(16-24)39(36,37)34-14-12-21-15-27(33-23-10-8-22(30)9-11-23)20(18-31)17-29(21,19-34)28(35)26-7-2-3-13-32-26/h2-11,13,15-16,18H,12,14,17,19,31H2,1H3/t29-/m0/s1. The lowest BCUT2D eigenvalue weighted by Gasteiger charge is -2.45. The van der Waals surface area contributed by atoms with Crippen molar-refractivity contribution in [3.05, 3.63) is 108 Å². The average Bonchev–Trinajstić information content (AvgIpc) is 2.97. The van der Waals surface area contributed by atoms with E-state index in [-0.39, 0.29) is 41.7 Å². The Morgan fingerprint density at radius 1 is 1.15 bits per heavy atom. The van der Waals surface area contributed by atoms with Gasteiger partial charge in [0.15, 0.2) is 5.78 Å². The number of carbonyl (C=O) groups is 1. The molecular weight excluding hydrogens is 519 g/mol. The van der Waals surface area contributed by atoms with Gasteiger partial charge in [0.05, 0.1) is 28.8 Å². The summed E-state index contributed by atoms with van der Waals surface area (Å²) in [6.45, 7) is 0.0864. The van der Waals surface area contributed by atoms with Gasteiger partial charge in [0, 0.05) is 25.4 Å². The van der Waals surface area contributed by atoms with E-state index in [1.54, 1.807) is 42.5 Å². The van der Waals surface area contributed by atoms with Gasteiger partial charge in [0.2, 0.25) is 10.0 Å². The van der Waals surface area contributed by atoms with E-state index in [1.807, 2.05) is 6.08 Å². The number of methoxy groups -OCH3 is 1. The number of nitrogens with zero attached hydrogens (tertiary/aromatic N) is 3. The number of hydrogen-bond acceptors (Lipinski definition) is 7. The van der Waals surface area contributed by atoms with Crippen molar-refractivity contribution in [1.82, 2.24) is 9.29 Å². The van der Waals surface area contributed by atoms with E-state index in [0.717, 1.165) is 5.57 Å². The zero-order valence-electron chi connectivity index (χ0n) is 21.2. The first-order chi connectivity index (χ1) is 18.8. The monoisotopic (exact) mass is 546 g/mol. The number of aliphatic imine (C=N–C) groups is 1. The van der Waals surface area contributed by atoms with Gasteiger partial charge >= 0.3 is 0 Å². The predicted octanol–water partition coefficient (Wildman–Crippen LogP) is 4.44. The number of pyridine rings is 1. The number of rotatable bonds is 6. The molecule has 2 heterocycles. The molecule has 2 aliphatic rings. The van der Waals surface area contributed by atoms with Gasteiger partial charge in [-0.25, -0.2) is 17.8 Å². The van der Waals surface area contributed by atoms with Crippen LogP contribution >= 0.6 is 0 Å². The molecule has 1 aliphatic carbocycles. The summed E-state index contributed by atoms with van der Waals surface area (Å²) in [5.41, 5.74) is 7.44. The van der Waals surface area contributed by atoms with E-state index in [0.29, 0.717) is 29.1 Å². The lowest BCUT2D eigenvalue weighted by Crippen LogP contribution is -2.53. The molecule has 1 fully saturated rings. The molecule has 39 heavy (non-hydrogen) atoms. The van der Waals surface area contributed by atoms with E-state index in [1.165, 1.54) is 48.1 Å². The Bertz CT molecular complexity index is 1600. The SMILES string of the molecule is COc1cccc(S(=O)(=O)N2CCC3=CC(=Nc4ccc(F)cc4)C(=CN)C[C@]3(C(=O)c3ccccn3)C2)c1. The van der Waals surface area contributed by atoms with E-state index in [9.17, 15) is 17.6 Å². The number of hydrogen-bond donors (Lipinski definition) is 1. The van der Waals surface area contributed by atoms with Crippen LogP contribution in [0.15, 0.2) is 106 Å². The molecule has 10 heteroatoms. The van der Waals surface area contributed by atoms with Crippen LogP contribution in [-0.4, -0.2) is 49.4 Å². The van der Waals surface area contributed by atoms with Crippen molar-refractivity contribution in [3.8, 4) is 5.75 Å². The quantitative estimate of drug-likeness (QED) is 0.457. The molecule has 0 amide bonds. The highest BCUT2D eigenvalue weighted by Crippen LogP contribution is 2.47. The largest absolute Gasteiger partial charge is 0.497 e. The number of benzene rings is 2. The number of allylic oxidation sites excluding steroid dienone is 2. The molecule has 1 atom stereocenters. The van der Waals surface area contributed by atoms with Gasteiger partial charge in [-0.15, -0.1) is 0 Å². The Balaban J connectivity index is 1.61. The predicted molar refractivity (Wildman–Crippen MR) is 146 cm³/mol. The van der Waals surface area contributed by atoms with Crippen LogP contribution in [0.2, 0.25) is 0 Å². The second kappa shape index (κ2) is 10.5. The third kappa shape index (κ3) is 5.00. The van der Waals surface area contributed by atoms with Gasteiger partial charge in [-0.1, -0.05) is 17.7 Å². The maximum Gasteiger partial charge on any atom is 0.243 e. The normalized spacial score (nSPS) is 21.8. The van der Waals surface area contributed by atoms with Crippen LogP contribution in [0.3, 0.4) is 0 Å². The van der Waals surface area contributed by atoms with Gasteiger partial charge in [-0.3, -0.25) is 9.78 Å². The first-order valence-electron chi connectivity index (χ1n) is 12.3. The van der Waals surface area contributed by atoms with E-state index < -0.39 is 15.4 Å². The van der Waals surface area contributed by atoms with Gasteiger partial charge in [-0.2, -0.15) is 4.31 Å². The van der Waals surface area contributed by atoms with Crippen LogP contribution in [0.4, 0.5) is 10.1 Å². The molecule has 2 N–H and O–H groups in total. The van der Waals surface area contributed by atoms with Crippen molar-refractivity contribution < 1.29 is 22.3 Å². The lowest BCUT2D eigenvalue weighted by atomic mass is 9.64. The Hall–Kier alpha value is -4.15. The highest BCUT2D eigenvalue weighted by atomic mass is 32.2. The number of piperidine rings is 1. The van der Waals surface area contributed by atoms with E-state index in [2.05, 4.69) is 9.98 Å². The molecule has 5 rings (SSSR count).